The topological polar surface area (TPSA) is 32.3 Å². The minimum absolute atomic E-state index is 0. The highest BCUT2D eigenvalue weighted by atomic mass is 35.5. The van der Waals surface area contributed by atoms with Gasteiger partial charge in [0, 0.05) is 18.0 Å². The summed E-state index contributed by atoms with van der Waals surface area (Å²) in [5, 5.41) is 2.71. The fraction of sp³-hybridized carbons (Fsp3) is 0.381. The van der Waals surface area contributed by atoms with Crippen LogP contribution in [0.2, 0.25) is 0 Å². The van der Waals surface area contributed by atoms with Gasteiger partial charge in [0.2, 0.25) is 5.91 Å². The van der Waals surface area contributed by atoms with Crippen molar-refractivity contribution in [2.75, 3.05) is 26.7 Å². The minimum atomic E-state index is -0.897. The van der Waals surface area contributed by atoms with E-state index in [9.17, 15) is 13.6 Å². The molecule has 2 aromatic rings. The lowest BCUT2D eigenvalue weighted by atomic mass is 9.97. The van der Waals surface area contributed by atoms with Crippen molar-refractivity contribution < 1.29 is 13.6 Å². The van der Waals surface area contributed by atoms with Crippen molar-refractivity contribution in [3.8, 4) is 0 Å². The maximum absolute atomic E-state index is 13.6. The molecule has 7 heteroatoms. The summed E-state index contributed by atoms with van der Waals surface area (Å²) in [4.78, 5) is 15.8. The van der Waals surface area contributed by atoms with Crippen molar-refractivity contribution in [3.63, 3.8) is 0 Å². The molecule has 1 N–H and O–H groups in total. The zero-order valence-corrected chi connectivity index (χ0v) is 17.4. The predicted molar refractivity (Wildman–Crippen MR) is 112 cm³/mol. The Kier molecular flexibility index (Phi) is 8.73. The Labute approximate surface area is 175 Å². The van der Waals surface area contributed by atoms with Crippen molar-refractivity contribution in [3.05, 3.63) is 65.7 Å². The molecule has 1 aliphatic heterocycles. The van der Waals surface area contributed by atoms with Gasteiger partial charge in [-0.1, -0.05) is 30.3 Å². The van der Waals surface area contributed by atoms with E-state index in [0.29, 0.717) is 10.8 Å². The first-order valence-electron chi connectivity index (χ1n) is 9.18. The van der Waals surface area contributed by atoms with Gasteiger partial charge in [-0.15, -0.1) is 24.2 Å². The molecule has 1 fully saturated rings. The van der Waals surface area contributed by atoms with Crippen molar-refractivity contribution in [2.45, 2.75) is 23.0 Å². The number of benzene rings is 2. The summed E-state index contributed by atoms with van der Waals surface area (Å²) in [5.74, 6) is -1.31. The number of hydrogen-bond acceptors (Lipinski definition) is 3. The predicted octanol–water partition coefficient (Wildman–Crippen LogP) is 4.68. The Hall–Kier alpha value is -1.63. The number of halogens is 3. The molecule has 0 saturated carbocycles. The van der Waals surface area contributed by atoms with Crippen LogP contribution in [0.15, 0.2) is 53.4 Å². The first kappa shape index (κ1) is 22.7. The summed E-state index contributed by atoms with van der Waals surface area (Å²) in [6.45, 7) is 2.35. The van der Waals surface area contributed by atoms with Gasteiger partial charge in [0.05, 0.1) is 0 Å². The molecule has 2 aromatic carbocycles. The molecule has 2 unspecified atom stereocenters. The third kappa shape index (κ3) is 5.69. The normalized spacial score (nSPS) is 17.7. The molecule has 3 rings (SSSR count). The van der Waals surface area contributed by atoms with Crippen molar-refractivity contribution >= 4 is 30.1 Å². The van der Waals surface area contributed by atoms with E-state index in [4.69, 9.17) is 0 Å². The molecule has 1 saturated heterocycles. The van der Waals surface area contributed by atoms with Crippen molar-refractivity contribution in [1.29, 1.82) is 0 Å². The smallest absolute Gasteiger partial charge is 0.240 e. The number of amides is 1. The van der Waals surface area contributed by atoms with E-state index >= 15 is 0 Å². The summed E-state index contributed by atoms with van der Waals surface area (Å²) in [6.07, 6.45) is 2.09. The highest BCUT2D eigenvalue weighted by Gasteiger charge is 2.30. The van der Waals surface area contributed by atoms with Crippen molar-refractivity contribution in [1.82, 2.24) is 10.2 Å². The van der Waals surface area contributed by atoms with E-state index in [0.717, 1.165) is 50.2 Å². The van der Waals surface area contributed by atoms with Crippen LogP contribution in [0.1, 0.15) is 23.7 Å². The van der Waals surface area contributed by atoms with E-state index in [2.05, 4.69) is 5.32 Å². The largest absolute Gasteiger partial charge is 0.341 e. The molecule has 2 atom stereocenters. The number of piperidine rings is 1. The number of likely N-dealkylation sites (tertiary alicyclic amines) is 1. The molecule has 0 aromatic heterocycles. The fourth-order valence-electron chi connectivity index (χ4n) is 3.46. The zero-order chi connectivity index (χ0) is 19.2. The third-order valence-corrected chi connectivity index (χ3v) is 6.03. The molecular formula is C21H25ClF2N2OS. The van der Waals surface area contributed by atoms with Crippen LogP contribution in [0.5, 0.6) is 0 Å². The number of nitrogens with one attached hydrogen (secondary N) is 1. The molecule has 1 amide bonds. The average molecular weight is 427 g/mol. The zero-order valence-electron chi connectivity index (χ0n) is 15.7. The summed E-state index contributed by atoms with van der Waals surface area (Å²) in [5.41, 5.74) is 0.868. The molecule has 0 bridgehead atoms. The summed E-state index contributed by atoms with van der Waals surface area (Å²) in [6, 6.07) is 13.3. The molecule has 28 heavy (non-hydrogen) atoms. The Morgan fingerprint density at radius 3 is 2.64 bits per heavy atom. The van der Waals surface area contributed by atoms with Gasteiger partial charge in [-0.2, -0.15) is 0 Å². The van der Waals surface area contributed by atoms with Crippen LogP contribution in [-0.4, -0.2) is 37.5 Å². The lowest BCUT2D eigenvalue weighted by Gasteiger charge is -2.35. The van der Waals surface area contributed by atoms with Crippen LogP contribution in [0.25, 0.3) is 0 Å². The minimum Gasteiger partial charge on any atom is -0.341 e. The number of rotatable bonds is 6. The number of hydrogen-bond donors (Lipinski definition) is 1. The van der Waals surface area contributed by atoms with Gasteiger partial charge in [0.15, 0.2) is 11.6 Å². The Morgan fingerprint density at radius 2 is 1.96 bits per heavy atom. The Morgan fingerprint density at radius 1 is 1.21 bits per heavy atom. The number of nitrogens with zero attached hydrogens (tertiary/aromatic N) is 1. The van der Waals surface area contributed by atoms with Gasteiger partial charge >= 0.3 is 0 Å². The SMILES string of the molecule is CNCC1CCCN(C(=O)C(Sc2ccc(F)c(F)c2)c2ccccc2)C1.Cl. The second-order valence-electron chi connectivity index (χ2n) is 6.83. The maximum Gasteiger partial charge on any atom is 0.240 e. The lowest BCUT2D eigenvalue weighted by molar-refractivity contribution is -0.132. The standard InChI is InChI=1S/C21H24F2N2OS.ClH/c1-24-13-15-6-5-11-25(14-15)21(26)20(16-7-3-2-4-8-16)27-17-9-10-18(22)19(23)12-17;/h2-4,7-10,12,15,20,24H,5-6,11,13-14H2,1H3;1H. The molecule has 3 nitrogen and oxygen atoms in total. The molecule has 0 radical (unpaired) electrons. The summed E-state index contributed by atoms with van der Waals surface area (Å²) < 4.78 is 26.9. The number of thioether (sulfide) groups is 1. The second kappa shape index (κ2) is 10.8. The van der Waals surface area contributed by atoms with Gasteiger partial charge in [-0.05, 0) is 56.1 Å². The molecule has 0 aliphatic carbocycles. The molecule has 0 spiro atoms. The van der Waals surface area contributed by atoms with Gasteiger partial charge in [0.1, 0.15) is 5.25 Å². The molecule has 152 valence electrons. The summed E-state index contributed by atoms with van der Waals surface area (Å²) >= 11 is 1.27. The van der Waals surface area contributed by atoms with E-state index in [1.807, 2.05) is 42.3 Å². The van der Waals surface area contributed by atoms with Gasteiger partial charge in [-0.3, -0.25) is 4.79 Å². The van der Waals surface area contributed by atoms with Crippen LogP contribution >= 0.6 is 24.2 Å². The van der Waals surface area contributed by atoms with Gasteiger partial charge in [0.25, 0.3) is 0 Å². The average Bonchev–Trinajstić information content (AvgIpc) is 2.69. The van der Waals surface area contributed by atoms with Crippen LogP contribution < -0.4 is 5.32 Å². The van der Waals surface area contributed by atoms with Gasteiger partial charge in [-0.25, -0.2) is 8.78 Å². The number of carbonyl (C=O) groups is 1. The molecule has 1 heterocycles. The Balaban J connectivity index is 0.00000280. The first-order valence-corrected chi connectivity index (χ1v) is 10.1. The molecular weight excluding hydrogens is 402 g/mol. The van der Waals surface area contributed by atoms with Gasteiger partial charge < -0.3 is 10.2 Å². The second-order valence-corrected chi connectivity index (χ2v) is 8.01. The Bertz CT molecular complexity index is 776. The highest BCUT2D eigenvalue weighted by molar-refractivity contribution is 8.00. The van der Waals surface area contributed by atoms with E-state index in [1.165, 1.54) is 17.8 Å². The fourth-order valence-corrected chi connectivity index (χ4v) is 4.59. The first-order chi connectivity index (χ1) is 13.1. The van der Waals surface area contributed by atoms with E-state index in [1.54, 1.807) is 0 Å². The number of carbonyl (C=O) groups excluding carboxylic acids is 1. The maximum atomic E-state index is 13.6. The van der Waals surface area contributed by atoms with Crippen molar-refractivity contribution in [2.24, 2.45) is 5.92 Å². The van der Waals surface area contributed by atoms with Crippen LogP contribution in [-0.2, 0) is 4.79 Å². The highest BCUT2D eigenvalue weighted by Crippen LogP contribution is 2.38. The molecule has 1 aliphatic rings. The van der Waals surface area contributed by atoms with E-state index < -0.39 is 16.9 Å². The quantitative estimate of drug-likeness (QED) is 0.681. The lowest BCUT2D eigenvalue weighted by Crippen LogP contribution is -2.44. The third-order valence-electron chi connectivity index (χ3n) is 4.80. The monoisotopic (exact) mass is 426 g/mol. The van der Waals surface area contributed by atoms with E-state index in [-0.39, 0.29) is 18.3 Å². The van der Waals surface area contributed by atoms with Crippen LogP contribution in [0.3, 0.4) is 0 Å². The van der Waals surface area contributed by atoms with Crippen LogP contribution in [0, 0.1) is 17.6 Å². The van der Waals surface area contributed by atoms with Crippen LogP contribution in [0.4, 0.5) is 8.78 Å². The summed E-state index contributed by atoms with van der Waals surface area (Å²) in [7, 11) is 1.92.